The summed E-state index contributed by atoms with van der Waals surface area (Å²) in [5, 5.41) is 6.15. The van der Waals surface area contributed by atoms with E-state index in [9.17, 15) is 4.79 Å². The molecule has 2 bridgehead atoms. The van der Waals surface area contributed by atoms with E-state index in [1.807, 2.05) is 19.1 Å². The molecule has 21 heavy (non-hydrogen) atoms. The van der Waals surface area contributed by atoms with Crippen LogP contribution in [0.25, 0.3) is 0 Å². The zero-order chi connectivity index (χ0) is 15.0. The molecule has 2 N–H and O–H groups in total. The fraction of sp³-hybridized carbons (Fsp3) is 0.611. The monoisotopic (exact) mass is 286 g/mol. The second-order valence-electron chi connectivity index (χ2n) is 6.97. The highest BCUT2D eigenvalue weighted by Crippen LogP contribution is 2.49. The molecule has 0 aliphatic heterocycles. The molecule has 114 valence electrons. The van der Waals surface area contributed by atoms with E-state index in [-0.39, 0.29) is 12.1 Å². The Kier molecular flexibility index (Phi) is 3.92. The van der Waals surface area contributed by atoms with Crippen molar-refractivity contribution in [3.05, 3.63) is 29.3 Å². The first kappa shape index (κ1) is 14.4. The molecule has 2 amide bonds. The van der Waals surface area contributed by atoms with Crippen molar-refractivity contribution in [1.29, 1.82) is 0 Å². The Labute approximate surface area is 127 Å². The highest BCUT2D eigenvalue weighted by Gasteiger charge is 2.42. The van der Waals surface area contributed by atoms with Crippen molar-refractivity contribution in [2.24, 2.45) is 17.8 Å². The van der Waals surface area contributed by atoms with Crippen molar-refractivity contribution in [2.45, 2.75) is 52.5 Å². The van der Waals surface area contributed by atoms with Gasteiger partial charge in [0.15, 0.2) is 0 Å². The minimum atomic E-state index is -0.0704. The van der Waals surface area contributed by atoms with Crippen LogP contribution in [0.15, 0.2) is 18.2 Å². The molecular weight excluding hydrogens is 260 g/mol. The summed E-state index contributed by atoms with van der Waals surface area (Å²) in [7, 11) is 0. The topological polar surface area (TPSA) is 41.1 Å². The number of anilines is 1. The minimum Gasteiger partial charge on any atom is -0.335 e. The van der Waals surface area contributed by atoms with Gasteiger partial charge in [0.05, 0.1) is 0 Å². The molecule has 2 fully saturated rings. The first-order valence-corrected chi connectivity index (χ1v) is 8.18. The quantitative estimate of drug-likeness (QED) is 0.857. The number of hydrogen-bond donors (Lipinski definition) is 2. The van der Waals surface area contributed by atoms with Gasteiger partial charge in [-0.1, -0.05) is 18.6 Å². The fourth-order valence-corrected chi connectivity index (χ4v) is 4.27. The number of benzene rings is 1. The number of urea groups is 1. The highest BCUT2D eigenvalue weighted by atomic mass is 16.2. The fourth-order valence-electron chi connectivity index (χ4n) is 4.27. The average molecular weight is 286 g/mol. The van der Waals surface area contributed by atoms with Gasteiger partial charge in [0.2, 0.25) is 0 Å². The average Bonchev–Trinajstić information content (AvgIpc) is 3.06. The van der Waals surface area contributed by atoms with Crippen LogP contribution in [0.2, 0.25) is 0 Å². The molecule has 2 aliphatic carbocycles. The summed E-state index contributed by atoms with van der Waals surface area (Å²) in [5.74, 6) is 2.44. The summed E-state index contributed by atoms with van der Waals surface area (Å²) in [6, 6.07) is 6.21. The molecule has 3 nitrogen and oxygen atoms in total. The van der Waals surface area contributed by atoms with E-state index in [1.165, 1.54) is 31.2 Å². The van der Waals surface area contributed by atoms with Gasteiger partial charge in [-0.2, -0.15) is 0 Å². The summed E-state index contributed by atoms with van der Waals surface area (Å²) in [5.41, 5.74) is 3.25. The smallest absolute Gasteiger partial charge is 0.319 e. The summed E-state index contributed by atoms with van der Waals surface area (Å²) in [6.07, 6.45) is 5.45. The predicted molar refractivity (Wildman–Crippen MR) is 86.5 cm³/mol. The normalized spacial score (nSPS) is 28.4. The van der Waals surface area contributed by atoms with E-state index in [2.05, 4.69) is 30.5 Å². The first-order valence-electron chi connectivity index (χ1n) is 8.18. The molecule has 1 aromatic carbocycles. The van der Waals surface area contributed by atoms with Crippen molar-refractivity contribution < 1.29 is 4.79 Å². The van der Waals surface area contributed by atoms with Crippen molar-refractivity contribution in [1.82, 2.24) is 5.32 Å². The third-order valence-corrected chi connectivity index (χ3v) is 5.65. The van der Waals surface area contributed by atoms with Gasteiger partial charge in [-0.25, -0.2) is 4.79 Å². The van der Waals surface area contributed by atoms with Crippen LogP contribution in [-0.4, -0.2) is 12.1 Å². The van der Waals surface area contributed by atoms with E-state index in [0.29, 0.717) is 5.92 Å². The predicted octanol–water partition coefficient (Wildman–Crippen LogP) is 4.25. The maximum absolute atomic E-state index is 12.2. The maximum Gasteiger partial charge on any atom is 0.319 e. The second-order valence-corrected chi connectivity index (χ2v) is 6.97. The zero-order valence-electron chi connectivity index (χ0n) is 13.3. The van der Waals surface area contributed by atoms with Crippen LogP contribution in [0.1, 0.15) is 43.7 Å². The van der Waals surface area contributed by atoms with Crippen LogP contribution < -0.4 is 10.6 Å². The number of rotatable bonds is 3. The lowest BCUT2D eigenvalue weighted by Crippen LogP contribution is -2.42. The molecule has 2 saturated carbocycles. The Morgan fingerprint density at radius 2 is 2.05 bits per heavy atom. The van der Waals surface area contributed by atoms with Crippen molar-refractivity contribution >= 4 is 11.7 Å². The Hall–Kier alpha value is -1.51. The van der Waals surface area contributed by atoms with Crippen LogP contribution in [-0.2, 0) is 0 Å². The van der Waals surface area contributed by atoms with Gasteiger partial charge in [-0.05, 0) is 75.0 Å². The second kappa shape index (κ2) is 5.70. The molecule has 0 spiro atoms. The molecule has 2 aliphatic rings. The maximum atomic E-state index is 12.2. The Balaban J connectivity index is 1.58. The number of carbonyl (C=O) groups excluding carboxylic acids is 1. The van der Waals surface area contributed by atoms with Crippen LogP contribution in [0.4, 0.5) is 10.5 Å². The van der Waals surface area contributed by atoms with Crippen molar-refractivity contribution in [2.75, 3.05) is 5.32 Å². The van der Waals surface area contributed by atoms with Crippen molar-refractivity contribution in [3.8, 4) is 0 Å². The lowest BCUT2D eigenvalue weighted by molar-refractivity contribution is 0.230. The molecule has 0 saturated heterocycles. The number of carbonyl (C=O) groups is 1. The molecule has 3 rings (SSSR count). The van der Waals surface area contributed by atoms with Gasteiger partial charge in [-0.3, -0.25) is 0 Å². The van der Waals surface area contributed by atoms with E-state index >= 15 is 0 Å². The van der Waals surface area contributed by atoms with E-state index < -0.39 is 0 Å². The highest BCUT2D eigenvalue weighted by molar-refractivity contribution is 5.90. The molecule has 1 aromatic rings. The number of hydrogen-bond acceptors (Lipinski definition) is 1. The Bertz CT molecular complexity index is 540. The molecule has 0 radical (unpaired) electrons. The molecule has 4 atom stereocenters. The number of fused-ring (bicyclic) bond motifs is 2. The van der Waals surface area contributed by atoms with Gasteiger partial charge < -0.3 is 10.6 Å². The molecule has 4 unspecified atom stereocenters. The third-order valence-electron chi connectivity index (χ3n) is 5.65. The Morgan fingerprint density at radius 1 is 1.24 bits per heavy atom. The number of aryl methyl sites for hydroxylation is 1. The van der Waals surface area contributed by atoms with Crippen LogP contribution in [0.5, 0.6) is 0 Å². The summed E-state index contributed by atoms with van der Waals surface area (Å²) in [4.78, 5) is 12.2. The standard InChI is InChI=1S/C18H26N2O/c1-11-5-4-6-17(12(11)2)20-18(21)19-13(3)16-10-14-7-8-15(16)9-14/h4-6,13-16H,7-10H2,1-3H3,(H2,19,20,21). The van der Waals surface area contributed by atoms with Gasteiger partial charge in [0.1, 0.15) is 0 Å². The van der Waals surface area contributed by atoms with Crippen LogP contribution in [0, 0.1) is 31.6 Å². The molecule has 0 aromatic heterocycles. The minimum absolute atomic E-state index is 0.0704. The van der Waals surface area contributed by atoms with Crippen LogP contribution in [0.3, 0.4) is 0 Å². The van der Waals surface area contributed by atoms with Gasteiger partial charge in [0.25, 0.3) is 0 Å². The summed E-state index contributed by atoms with van der Waals surface area (Å²) in [6.45, 7) is 6.27. The van der Waals surface area contributed by atoms with Gasteiger partial charge in [-0.15, -0.1) is 0 Å². The lowest BCUT2D eigenvalue weighted by atomic mass is 9.84. The Morgan fingerprint density at radius 3 is 2.71 bits per heavy atom. The largest absolute Gasteiger partial charge is 0.335 e. The SMILES string of the molecule is Cc1cccc(NC(=O)NC(C)C2CC3CCC2C3)c1C. The molecule has 0 heterocycles. The molecular formula is C18H26N2O. The van der Waals surface area contributed by atoms with E-state index in [1.54, 1.807) is 0 Å². The van der Waals surface area contributed by atoms with Gasteiger partial charge >= 0.3 is 6.03 Å². The lowest BCUT2D eigenvalue weighted by Gasteiger charge is -2.28. The van der Waals surface area contributed by atoms with Gasteiger partial charge in [0, 0.05) is 11.7 Å². The number of amides is 2. The molecule has 3 heteroatoms. The number of nitrogens with one attached hydrogen (secondary N) is 2. The zero-order valence-corrected chi connectivity index (χ0v) is 13.3. The summed E-state index contributed by atoms with van der Waals surface area (Å²) < 4.78 is 0. The van der Waals surface area contributed by atoms with Crippen molar-refractivity contribution in [3.63, 3.8) is 0 Å². The van der Waals surface area contributed by atoms with Crippen LogP contribution >= 0.6 is 0 Å². The van der Waals surface area contributed by atoms with E-state index in [4.69, 9.17) is 0 Å². The summed E-state index contributed by atoms with van der Waals surface area (Å²) >= 11 is 0. The first-order chi connectivity index (χ1) is 10.0. The third kappa shape index (κ3) is 2.92. The van der Waals surface area contributed by atoms with E-state index in [0.717, 1.165) is 23.1 Å².